The molecule has 1 rings (SSSR count). The molecule has 0 radical (unpaired) electrons. The fourth-order valence-electron chi connectivity index (χ4n) is 1.71. The second-order valence-electron chi connectivity index (χ2n) is 5.06. The SMILES string of the molecule is CC(C)CNCCN(C)CCCn1ccnc1. The molecule has 17 heavy (non-hydrogen) atoms. The van der Waals surface area contributed by atoms with Gasteiger partial charge >= 0.3 is 0 Å². The zero-order valence-corrected chi connectivity index (χ0v) is 11.4. The Bertz CT molecular complexity index is 269. The molecule has 0 aliphatic heterocycles. The van der Waals surface area contributed by atoms with E-state index < -0.39 is 0 Å². The van der Waals surface area contributed by atoms with Crippen molar-refractivity contribution in [2.45, 2.75) is 26.8 Å². The molecule has 0 aliphatic carbocycles. The van der Waals surface area contributed by atoms with Crippen LogP contribution in [-0.4, -0.2) is 47.7 Å². The van der Waals surface area contributed by atoms with Gasteiger partial charge in [0.1, 0.15) is 0 Å². The van der Waals surface area contributed by atoms with Gasteiger partial charge in [-0.2, -0.15) is 0 Å². The summed E-state index contributed by atoms with van der Waals surface area (Å²) in [6.45, 7) is 9.99. The summed E-state index contributed by atoms with van der Waals surface area (Å²) < 4.78 is 2.13. The van der Waals surface area contributed by atoms with Crippen LogP contribution in [0, 0.1) is 5.92 Å². The monoisotopic (exact) mass is 238 g/mol. The van der Waals surface area contributed by atoms with Gasteiger partial charge in [0.2, 0.25) is 0 Å². The summed E-state index contributed by atoms with van der Waals surface area (Å²) in [5, 5.41) is 3.46. The average Bonchev–Trinajstić information content (AvgIpc) is 2.77. The summed E-state index contributed by atoms with van der Waals surface area (Å²) in [6.07, 6.45) is 6.91. The van der Waals surface area contributed by atoms with E-state index in [9.17, 15) is 0 Å². The van der Waals surface area contributed by atoms with Gasteiger partial charge in [-0.1, -0.05) is 13.8 Å². The third-order valence-electron chi connectivity index (χ3n) is 2.74. The summed E-state index contributed by atoms with van der Waals surface area (Å²) in [5.41, 5.74) is 0. The zero-order chi connectivity index (χ0) is 12.5. The minimum absolute atomic E-state index is 0.738. The summed E-state index contributed by atoms with van der Waals surface area (Å²) in [4.78, 5) is 6.42. The number of aromatic nitrogens is 2. The maximum Gasteiger partial charge on any atom is 0.0945 e. The van der Waals surface area contributed by atoms with Crippen LogP contribution in [0.25, 0.3) is 0 Å². The van der Waals surface area contributed by atoms with E-state index in [0.29, 0.717) is 0 Å². The number of nitrogens with zero attached hydrogens (tertiary/aromatic N) is 3. The van der Waals surface area contributed by atoms with Crippen LogP contribution in [-0.2, 0) is 6.54 Å². The van der Waals surface area contributed by atoms with Gasteiger partial charge in [0.05, 0.1) is 6.33 Å². The molecule has 1 N–H and O–H groups in total. The summed E-state index contributed by atoms with van der Waals surface area (Å²) in [5.74, 6) is 0.738. The van der Waals surface area contributed by atoms with Crippen LogP contribution in [0.5, 0.6) is 0 Å². The molecule has 0 amide bonds. The van der Waals surface area contributed by atoms with Crippen molar-refractivity contribution in [2.75, 3.05) is 33.2 Å². The molecule has 98 valence electrons. The summed E-state index contributed by atoms with van der Waals surface area (Å²) in [6, 6.07) is 0. The first-order valence-corrected chi connectivity index (χ1v) is 6.53. The third-order valence-corrected chi connectivity index (χ3v) is 2.74. The molecule has 1 heterocycles. The number of imidazole rings is 1. The Morgan fingerprint density at radius 2 is 2.18 bits per heavy atom. The Morgan fingerprint density at radius 1 is 1.35 bits per heavy atom. The molecule has 4 nitrogen and oxygen atoms in total. The second kappa shape index (κ2) is 8.25. The lowest BCUT2D eigenvalue weighted by atomic mass is 10.2. The number of rotatable bonds is 9. The maximum atomic E-state index is 4.04. The van der Waals surface area contributed by atoms with Crippen molar-refractivity contribution in [1.82, 2.24) is 19.8 Å². The standard InChI is InChI=1S/C13H26N4/c1-13(2)11-14-5-9-16(3)7-4-8-17-10-6-15-12-17/h6,10,12-14H,4-5,7-9,11H2,1-3H3. The molecule has 0 spiro atoms. The normalized spacial score (nSPS) is 11.6. The highest BCUT2D eigenvalue weighted by Gasteiger charge is 1.99. The molecule has 4 heteroatoms. The molecule has 0 saturated heterocycles. The van der Waals surface area contributed by atoms with Crippen LogP contribution in [0.3, 0.4) is 0 Å². The number of aryl methyl sites for hydroxylation is 1. The van der Waals surface area contributed by atoms with Crippen molar-refractivity contribution >= 4 is 0 Å². The van der Waals surface area contributed by atoms with Gasteiger partial charge in [-0.05, 0) is 32.5 Å². The highest BCUT2D eigenvalue weighted by molar-refractivity contribution is 4.73. The minimum Gasteiger partial charge on any atom is -0.337 e. The molecule has 0 bridgehead atoms. The van der Waals surface area contributed by atoms with E-state index in [-0.39, 0.29) is 0 Å². The first kappa shape index (κ1) is 14.2. The van der Waals surface area contributed by atoms with E-state index in [1.54, 1.807) is 0 Å². The largest absolute Gasteiger partial charge is 0.337 e. The van der Waals surface area contributed by atoms with Crippen molar-refractivity contribution in [1.29, 1.82) is 0 Å². The highest BCUT2D eigenvalue weighted by atomic mass is 15.1. The van der Waals surface area contributed by atoms with Gasteiger partial charge in [-0.3, -0.25) is 0 Å². The zero-order valence-electron chi connectivity index (χ0n) is 11.4. The molecule has 0 unspecified atom stereocenters. The smallest absolute Gasteiger partial charge is 0.0945 e. The topological polar surface area (TPSA) is 33.1 Å². The number of hydrogen-bond donors (Lipinski definition) is 1. The molecule has 0 aromatic carbocycles. The lowest BCUT2D eigenvalue weighted by molar-refractivity contribution is 0.317. The highest BCUT2D eigenvalue weighted by Crippen LogP contribution is 1.93. The van der Waals surface area contributed by atoms with E-state index in [4.69, 9.17) is 0 Å². The fraction of sp³-hybridized carbons (Fsp3) is 0.769. The molecular weight excluding hydrogens is 212 g/mol. The van der Waals surface area contributed by atoms with Gasteiger partial charge in [0, 0.05) is 32.0 Å². The van der Waals surface area contributed by atoms with E-state index in [0.717, 1.165) is 38.6 Å². The quantitative estimate of drug-likeness (QED) is 0.661. The Morgan fingerprint density at radius 3 is 2.82 bits per heavy atom. The van der Waals surface area contributed by atoms with E-state index in [2.05, 4.69) is 40.7 Å². The predicted octanol–water partition coefficient (Wildman–Crippen LogP) is 1.45. The van der Waals surface area contributed by atoms with Gasteiger partial charge in [0.15, 0.2) is 0 Å². The first-order valence-electron chi connectivity index (χ1n) is 6.53. The van der Waals surface area contributed by atoms with Crippen molar-refractivity contribution in [3.63, 3.8) is 0 Å². The van der Waals surface area contributed by atoms with Gasteiger partial charge in [0.25, 0.3) is 0 Å². The van der Waals surface area contributed by atoms with Crippen LogP contribution in [0.2, 0.25) is 0 Å². The van der Waals surface area contributed by atoms with Gasteiger partial charge < -0.3 is 14.8 Å². The summed E-state index contributed by atoms with van der Waals surface area (Å²) >= 11 is 0. The van der Waals surface area contributed by atoms with Gasteiger partial charge in [-0.25, -0.2) is 4.98 Å². The minimum atomic E-state index is 0.738. The van der Waals surface area contributed by atoms with Crippen molar-refractivity contribution in [3.05, 3.63) is 18.7 Å². The summed E-state index contributed by atoms with van der Waals surface area (Å²) in [7, 11) is 2.19. The van der Waals surface area contributed by atoms with E-state index in [1.807, 2.05) is 18.7 Å². The molecule has 0 atom stereocenters. The van der Waals surface area contributed by atoms with Crippen LogP contribution in [0.4, 0.5) is 0 Å². The molecule has 0 saturated carbocycles. The number of hydrogen-bond acceptors (Lipinski definition) is 3. The Hall–Kier alpha value is -0.870. The van der Waals surface area contributed by atoms with Crippen molar-refractivity contribution in [3.8, 4) is 0 Å². The molecule has 1 aromatic rings. The van der Waals surface area contributed by atoms with E-state index >= 15 is 0 Å². The lowest BCUT2D eigenvalue weighted by Gasteiger charge is -2.17. The van der Waals surface area contributed by atoms with Crippen molar-refractivity contribution in [2.24, 2.45) is 5.92 Å². The van der Waals surface area contributed by atoms with Crippen LogP contribution < -0.4 is 5.32 Å². The Balaban J connectivity index is 1.96. The third kappa shape index (κ3) is 7.13. The van der Waals surface area contributed by atoms with Gasteiger partial charge in [-0.15, -0.1) is 0 Å². The second-order valence-corrected chi connectivity index (χ2v) is 5.06. The number of likely N-dealkylation sites (N-methyl/N-ethyl adjacent to an activating group) is 1. The van der Waals surface area contributed by atoms with Crippen molar-refractivity contribution < 1.29 is 0 Å². The number of nitrogens with one attached hydrogen (secondary N) is 1. The average molecular weight is 238 g/mol. The van der Waals surface area contributed by atoms with Crippen LogP contribution in [0.15, 0.2) is 18.7 Å². The first-order chi connectivity index (χ1) is 8.18. The molecule has 1 aromatic heterocycles. The molecule has 0 fully saturated rings. The van der Waals surface area contributed by atoms with E-state index in [1.165, 1.54) is 6.42 Å². The Labute approximate surface area is 105 Å². The maximum absolute atomic E-state index is 4.04. The predicted molar refractivity (Wildman–Crippen MR) is 72.0 cm³/mol. The molecule has 0 aliphatic rings. The van der Waals surface area contributed by atoms with Crippen LogP contribution in [0.1, 0.15) is 20.3 Å². The fourth-order valence-corrected chi connectivity index (χ4v) is 1.71. The molecular formula is C13H26N4. The van der Waals surface area contributed by atoms with Crippen LogP contribution >= 0.6 is 0 Å². The lowest BCUT2D eigenvalue weighted by Crippen LogP contribution is -2.31. The Kier molecular flexibility index (Phi) is 6.89.